The predicted molar refractivity (Wildman–Crippen MR) is 60.8 cm³/mol. The quantitative estimate of drug-likeness (QED) is 0.737. The van der Waals surface area contributed by atoms with Crippen LogP contribution >= 0.6 is 11.3 Å². The Hall–Kier alpha value is -0.340. The summed E-state index contributed by atoms with van der Waals surface area (Å²) in [7, 11) is 0. The Morgan fingerprint density at radius 1 is 1.29 bits per heavy atom. The van der Waals surface area contributed by atoms with Gasteiger partial charge in [-0.15, -0.1) is 11.3 Å². The highest BCUT2D eigenvalue weighted by Crippen LogP contribution is 2.20. The van der Waals surface area contributed by atoms with Crippen LogP contribution in [0.5, 0.6) is 0 Å². The maximum atomic E-state index is 5.86. The minimum atomic E-state index is 0.559. The average Bonchev–Trinajstić information content (AvgIpc) is 2.72. The molecular formula is C12H18OS. The van der Waals surface area contributed by atoms with E-state index in [-0.39, 0.29) is 0 Å². The van der Waals surface area contributed by atoms with Gasteiger partial charge in [-0.25, -0.2) is 0 Å². The van der Waals surface area contributed by atoms with Crippen molar-refractivity contribution in [2.75, 3.05) is 6.61 Å². The van der Waals surface area contributed by atoms with Crippen molar-refractivity contribution in [1.82, 2.24) is 0 Å². The maximum Gasteiger partial charge on any atom is 0.0575 e. The fraction of sp³-hybridized carbons (Fsp3) is 0.667. The molecule has 0 radical (unpaired) electrons. The number of hydrogen-bond donors (Lipinski definition) is 0. The summed E-state index contributed by atoms with van der Waals surface area (Å²) in [5.41, 5.74) is 0. The zero-order valence-electron chi connectivity index (χ0n) is 8.58. The molecular weight excluding hydrogens is 192 g/mol. The summed E-state index contributed by atoms with van der Waals surface area (Å²) in [4.78, 5) is 1.45. The van der Waals surface area contributed by atoms with Gasteiger partial charge < -0.3 is 4.74 Å². The standard InChI is InChI=1S/C12H18OS/c1-2-5-11(6-3-1)13-9-8-12-7-4-10-14-12/h4,7,10-11H,1-3,5-6,8-9H2. The molecule has 0 aromatic carbocycles. The van der Waals surface area contributed by atoms with Gasteiger partial charge in [0.1, 0.15) is 0 Å². The van der Waals surface area contributed by atoms with Crippen molar-refractivity contribution in [3.05, 3.63) is 22.4 Å². The zero-order valence-corrected chi connectivity index (χ0v) is 9.39. The van der Waals surface area contributed by atoms with E-state index < -0.39 is 0 Å². The first-order valence-corrected chi connectivity index (χ1v) is 6.47. The van der Waals surface area contributed by atoms with Gasteiger partial charge in [-0.1, -0.05) is 25.3 Å². The van der Waals surface area contributed by atoms with Crippen molar-refractivity contribution in [1.29, 1.82) is 0 Å². The lowest BCUT2D eigenvalue weighted by Crippen LogP contribution is -2.17. The molecule has 1 fully saturated rings. The summed E-state index contributed by atoms with van der Waals surface area (Å²) >= 11 is 1.83. The van der Waals surface area contributed by atoms with Crippen molar-refractivity contribution in [3.63, 3.8) is 0 Å². The van der Waals surface area contributed by atoms with Crippen LogP contribution in [-0.4, -0.2) is 12.7 Å². The molecule has 0 bridgehead atoms. The third kappa shape index (κ3) is 3.10. The Kier molecular flexibility index (Phi) is 4.02. The lowest BCUT2D eigenvalue weighted by molar-refractivity contribution is 0.0306. The molecule has 1 nitrogen and oxygen atoms in total. The molecule has 2 heteroatoms. The van der Waals surface area contributed by atoms with Crippen LogP contribution in [0.1, 0.15) is 37.0 Å². The van der Waals surface area contributed by atoms with Crippen molar-refractivity contribution in [3.8, 4) is 0 Å². The highest BCUT2D eigenvalue weighted by molar-refractivity contribution is 7.09. The average molecular weight is 210 g/mol. The molecule has 2 rings (SSSR count). The molecule has 1 aromatic heterocycles. The predicted octanol–water partition coefficient (Wildman–Crippen LogP) is 3.64. The van der Waals surface area contributed by atoms with Crippen molar-refractivity contribution >= 4 is 11.3 Å². The minimum Gasteiger partial charge on any atom is -0.378 e. The van der Waals surface area contributed by atoms with E-state index in [1.165, 1.54) is 37.0 Å². The lowest BCUT2D eigenvalue weighted by atomic mass is 9.98. The van der Waals surface area contributed by atoms with Gasteiger partial charge in [-0.3, -0.25) is 0 Å². The summed E-state index contributed by atoms with van der Waals surface area (Å²) in [5.74, 6) is 0. The first kappa shape index (κ1) is 10.2. The van der Waals surface area contributed by atoms with Crippen LogP contribution in [0.4, 0.5) is 0 Å². The van der Waals surface area contributed by atoms with Crippen LogP contribution in [0.3, 0.4) is 0 Å². The number of thiophene rings is 1. The molecule has 1 aliphatic carbocycles. The van der Waals surface area contributed by atoms with Gasteiger partial charge in [-0.2, -0.15) is 0 Å². The summed E-state index contributed by atoms with van der Waals surface area (Å²) in [6, 6.07) is 4.30. The number of rotatable bonds is 4. The van der Waals surface area contributed by atoms with E-state index in [4.69, 9.17) is 4.74 Å². The van der Waals surface area contributed by atoms with Gasteiger partial charge in [0.15, 0.2) is 0 Å². The Labute approximate surface area is 90.1 Å². The Morgan fingerprint density at radius 3 is 2.86 bits per heavy atom. The highest BCUT2D eigenvalue weighted by atomic mass is 32.1. The van der Waals surface area contributed by atoms with Crippen molar-refractivity contribution in [2.45, 2.75) is 44.6 Å². The molecule has 14 heavy (non-hydrogen) atoms. The Morgan fingerprint density at radius 2 is 2.14 bits per heavy atom. The van der Waals surface area contributed by atoms with Crippen LogP contribution in [0, 0.1) is 0 Å². The third-order valence-corrected chi connectivity index (χ3v) is 3.77. The van der Waals surface area contributed by atoms with Crippen molar-refractivity contribution in [2.24, 2.45) is 0 Å². The normalized spacial score (nSPS) is 18.6. The summed E-state index contributed by atoms with van der Waals surface area (Å²) in [5, 5.41) is 2.13. The molecule has 0 unspecified atom stereocenters. The van der Waals surface area contributed by atoms with Crippen LogP contribution in [-0.2, 0) is 11.2 Å². The zero-order chi connectivity index (χ0) is 9.64. The van der Waals surface area contributed by atoms with E-state index in [0.29, 0.717) is 6.10 Å². The molecule has 78 valence electrons. The summed E-state index contributed by atoms with van der Waals surface area (Å²) < 4.78 is 5.86. The third-order valence-electron chi connectivity index (χ3n) is 2.83. The second kappa shape index (κ2) is 5.52. The molecule has 0 aliphatic heterocycles. The summed E-state index contributed by atoms with van der Waals surface area (Å²) in [6.07, 6.45) is 8.35. The van der Waals surface area contributed by atoms with Gasteiger partial charge in [0.25, 0.3) is 0 Å². The number of hydrogen-bond acceptors (Lipinski definition) is 2. The molecule has 0 spiro atoms. The smallest absolute Gasteiger partial charge is 0.0575 e. The van der Waals surface area contributed by atoms with E-state index in [1.807, 2.05) is 11.3 Å². The lowest BCUT2D eigenvalue weighted by Gasteiger charge is -2.21. The largest absolute Gasteiger partial charge is 0.378 e. The molecule has 1 heterocycles. The highest BCUT2D eigenvalue weighted by Gasteiger charge is 2.13. The van der Waals surface area contributed by atoms with Crippen LogP contribution in [0.2, 0.25) is 0 Å². The van der Waals surface area contributed by atoms with Gasteiger partial charge in [0.2, 0.25) is 0 Å². The van der Waals surface area contributed by atoms with Gasteiger partial charge in [0.05, 0.1) is 12.7 Å². The minimum absolute atomic E-state index is 0.559. The fourth-order valence-corrected chi connectivity index (χ4v) is 2.70. The Bertz CT molecular complexity index is 237. The van der Waals surface area contributed by atoms with Gasteiger partial charge in [0, 0.05) is 11.3 Å². The first-order valence-electron chi connectivity index (χ1n) is 5.59. The SMILES string of the molecule is c1csc(CCOC2CCCCC2)c1. The maximum absolute atomic E-state index is 5.86. The van der Waals surface area contributed by atoms with Gasteiger partial charge in [-0.05, 0) is 24.3 Å². The van der Waals surface area contributed by atoms with E-state index in [1.54, 1.807) is 0 Å². The molecule has 1 aliphatic rings. The van der Waals surface area contributed by atoms with Crippen LogP contribution in [0.15, 0.2) is 17.5 Å². The van der Waals surface area contributed by atoms with Crippen LogP contribution in [0.25, 0.3) is 0 Å². The van der Waals surface area contributed by atoms with Gasteiger partial charge >= 0.3 is 0 Å². The van der Waals surface area contributed by atoms with E-state index >= 15 is 0 Å². The second-order valence-electron chi connectivity index (χ2n) is 3.96. The molecule has 0 N–H and O–H groups in total. The van der Waals surface area contributed by atoms with Crippen LogP contribution < -0.4 is 0 Å². The second-order valence-corrected chi connectivity index (χ2v) is 4.99. The summed E-state index contributed by atoms with van der Waals surface area (Å²) in [6.45, 7) is 0.908. The van der Waals surface area contributed by atoms with E-state index in [0.717, 1.165) is 13.0 Å². The number of ether oxygens (including phenoxy) is 1. The van der Waals surface area contributed by atoms with E-state index in [2.05, 4.69) is 17.5 Å². The molecule has 0 atom stereocenters. The van der Waals surface area contributed by atoms with E-state index in [9.17, 15) is 0 Å². The molecule has 0 saturated heterocycles. The molecule has 0 amide bonds. The molecule has 1 saturated carbocycles. The first-order chi connectivity index (χ1) is 6.95. The Balaban J connectivity index is 1.62. The fourth-order valence-electron chi connectivity index (χ4n) is 2.01. The molecule has 1 aromatic rings. The van der Waals surface area contributed by atoms with Crippen molar-refractivity contribution < 1.29 is 4.74 Å². The monoisotopic (exact) mass is 210 g/mol. The topological polar surface area (TPSA) is 9.23 Å².